The molecule has 0 aliphatic rings. The highest BCUT2D eigenvalue weighted by atomic mass is 79.9. The van der Waals surface area contributed by atoms with Crippen LogP contribution < -0.4 is 5.32 Å². The fourth-order valence-electron chi connectivity index (χ4n) is 0.925. The number of hydrogen-bond acceptors (Lipinski definition) is 2. The Kier molecular flexibility index (Phi) is 4.11. The summed E-state index contributed by atoms with van der Waals surface area (Å²) in [5.74, 6) is -1.77. The monoisotopic (exact) mass is 291 g/mol. The molecule has 0 aliphatic carbocycles. The van der Waals surface area contributed by atoms with Gasteiger partial charge in [-0.15, -0.1) is 0 Å². The first-order valence-electron chi connectivity index (χ1n) is 3.95. The van der Waals surface area contributed by atoms with Crippen molar-refractivity contribution >= 4 is 45.1 Å². The third-order valence-electron chi connectivity index (χ3n) is 1.51. The highest BCUT2D eigenvalue weighted by Gasteiger charge is 2.09. The lowest BCUT2D eigenvalue weighted by Crippen LogP contribution is -2.16. The first-order chi connectivity index (χ1) is 6.99. The maximum Gasteiger partial charge on any atom is 0.312 e. The Hall–Kier alpha value is -1.07. The third-order valence-corrected chi connectivity index (χ3v) is 2.44. The lowest BCUT2D eigenvalue weighted by Gasteiger charge is -2.06. The topological polar surface area (TPSA) is 66.4 Å². The predicted octanol–water partition coefficient (Wildman–Crippen LogP) is 2.52. The van der Waals surface area contributed by atoms with E-state index in [-0.39, 0.29) is 0 Å². The summed E-state index contributed by atoms with van der Waals surface area (Å²) in [7, 11) is 0. The number of carbonyl (C=O) groups excluding carboxylic acids is 1. The Morgan fingerprint density at radius 3 is 2.73 bits per heavy atom. The van der Waals surface area contributed by atoms with Crippen LogP contribution in [-0.2, 0) is 9.59 Å². The van der Waals surface area contributed by atoms with Gasteiger partial charge in [-0.25, -0.2) is 0 Å². The molecule has 6 heteroatoms. The van der Waals surface area contributed by atoms with Crippen LogP contribution in [0.25, 0.3) is 0 Å². The summed E-state index contributed by atoms with van der Waals surface area (Å²) < 4.78 is 0.644. The van der Waals surface area contributed by atoms with E-state index in [1.54, 1.807) is 12.1 Å². The van der Waals surface area contributed by atoms with Crippen molar-refractivity contribution < 1.29 is 14.7 Å². The lowest BCUT2D eigenvalue weighted by atomic mass is 10.3. The van der Waals surface area contributed by atoms with Crippen LogP contribution in [0.3, 0.4) is 0 Å². The zero-order valence-corrected chi connectivity index (χ0v) is 9.80. The third kappa shape index (κ3) is 3.89. The van der Waals surface area contributed by atoms with Crippen LogP contribution in [0.5, 0.6) is 0 Å². The second kappa shape index (κ2) is 5.14. The first-order valence-corrected chi connectivity index (χ1v) is 5.13. The zero-order chi connectivity index (χ0) is 11.4. The van der Waals surface area contributed by atoms with E-state index in [0.717, 1.165) is 0 Å². The summed E-state index contributed by atoms with van der Waals surface area (Å²) in [6.45, 7) is 0. The van der Waals surface area contributed by atoms with Crippen molar-refractivity contribution in [3.05, 3.63) is 27.7 Å². The molecule has 0 saturated carbocycles. The van der Waals surface area contributed by atoms with Gasteiger partial charge in [0.05, 0.1) is 5.69 Å². The molecular formula is C9H7BrClNO3. The Morgan fingerprint density at radius 2 is 2.13 bits per heavy atom. The fourth-order valence-corrected chi connectivity index (χ4v) is 1.44. The van der Waals surface area contributed by atoms with Crippen LogP contribution in [0, 0.1) is 0 Å². The Bertz CT molecular complexity index is 408. The van der Waals surface area contributed by atoms with Gasteiger partial charge in [-0.05, 0) is 34.1 Å². The van der Waals surface area contributed by atoms with E-state index < -0.39 is 18.3 Å². The standard InChI is InChI=1S/C9H7BrClNO3/c10-6-2-1-5(11)3-7(6)12-8(13)4-9(14)15/h1-3H,4H2,(H,12,13)(H,14,15). The second-order valence-corrected chi connectivity index (χ2v) is 4.03. The van der Waals surface area contributed by atoms with E-state index in [0.29, 0.717) is 15.2 Å². The lowest BCUT2D eigenvalue weighted by molar-refractivity contribution is -0.139. The molecule has 0 heterocycles. The number of aliphatic carboxylic acids is 1. The molecule has 0 spiro atoms. The number of hydrogen-bond donors (Lipinski definition) is 2. The molecule has 1 aromatic rings. The van der Waals surface area contributed by atoms with Crippen molar-refractivity contribution in [3.8, 4) is 0 Å². The molecule has 0 bridgehead atoms. The van der Waals surface area contributed by atoms with Crippen molar-refractivity contribution in [1.29, 1.82) is 0 Å². The maximum absolute atomic E-state index is 11.1. The molecule has 1 aromatic carbocycles. The van der Waals surface area contributed by atoms with E-state index in [1.807, 2.05) is 0 Å². The smallest absolute Gasteiger partial charge is 0.312 e. The number of anilines is 1. The molecule has 1 amide bonds. The van der Waals surface area contributed by atoms with Gasteiger partial charge >= 0.3 is 5.97 Å². The maximum atomic E-state index is 11.1. The van der Waals surface area contributed by atoms with Crippen LogP contribution in [0.1, 0.15) is 6.42 Å². The van der Waals surface area contributed by atoms with Gasteiger partial charge in [-0.2, -0.15) is 0 Å². The zero-order valence-electron chi connectivity index (χ0n) is 7.46. The molecule has 2 N–H and O–H groups in total. The Balaban J connectivity index is 2.76. The minimum atomic E-state index is -1.18. The van der Waals surface area contributed by atoms with Crippen LogP contribution in [0.2, 0.25) is 5.02 Å². The number of carboxylic acids is 1. The van der Waals surface area contributed by atoms with Crippen LogP contribution in [0.4, 0.5) is 5.69 Å². The van der Waals surface area contributed by atoms with E-state index in [1.165, 1.54) is 6.07 Å². The van der Waals surface area contributed by atoms with E-state index in [4.69, 9.17) is 16.7 Å². The molecule has 0 aliphatic heterocycles. The minimum Gasteiger partial charge on any atom is -0.481 e. The highest BCUT2D eigenvalue weighted by Crippen LogP contribution is 2.25. The number of carbonyl (C=O) groups is 2. The number of amides is 1. The summed E-state index contributed by atoms with van der Waals surface area (Å²) in [6.07, 6.45) is -0.570. The van der Waals surface area contributed by atoms with Crippen molar-refractivity contribution in [2.45, 2.75) is 6.42 Å². The normalized spacial score (nSPS) is 9.73. The summed E-state index contributed by atoms with van der Waals surface area (Å²) in [5.41, 5.74) is 0.453. The fraction of sp³-hybridized carbons (Fsp3) is 0.111. The molecule has 0 atom stereocenters. The van der Waals surface area contributed by atoms with Crippen LogP contribution in [0.15, 0.2) is 22.7 Å². The number of benzene rings is 1. The number of nitrogens with one attached hydrogen (secondary N) is 1. The Labute approximate surface area is 99.4 Å². The molecule has 0 unspecified atom stereocenters. The number of carboxylic acid groups (broad SMARTS) is 1. The van der Waals surface area contributed by atoms with Crippen LogP contribution in [-0.4, -0.2) is 17.0 Å². The molecule has 0 saturated heterocycles. The second-order valence-electron chi connectivity index (χ2n) is 2.74. The van der Waals surface area contributed by atoms with Gasteiger partial charge in [-0.1, -0.05) is 11.6 Å². The van der Waals surface area contributed by atoms with Gasteiger partial charge in [-0.3, -0.25) is 9.59 Å². The quantitative estimate of drug-likeness (QED) is 0.841. The average Bonchev–Trinajstić information content (AvgIpc) is 2.10. The molecule has 4 nitrogen and oxygen atoms in total. The largest absolute Gasteiger partial charge is 0.481 e. The van der Waals surface area contributed by atoms with Gasteiger partial charge in [0.25, 0.3) is 0 Å². The summed E-state index contributed by atoms with van der Waals surface area (Å²) >= 11 is 8.92. The SMILES string of the molecule is O=C(O)CC(=O)Nc1cc(Cl)ccc1Br. The molecule has 80 valence electrons. The number of rotatable bonds is 3. The van der Waals surface area contributed by atoms with Crippen molar-refractivity contribution in [1.82, 2.24) is 0 Å². The molecule has 0 radical (unpaired) electrons. The van der Waals surface area contributed by atoms with Gasteiger partial charge in [0.15, 0.2) is 0 Å². The summed E-state index contributed by atoms with van der Waals surface area (Å²) in [4.78, 5) is 21.4. The molecule has 1 rings (SSSR count). The molecular weight excluding hydrogens is 285 g/mol. The Morgan fingerprint density at radius 1 is 1.47 bits per heavy atom. The predicted molar refractivity (Wildman–Crippen MR) is 60.0 cm³/mol. The highest BCUT2D eigenvalue weighted by molar-refractivity contribution is 9.10. The average molecular weight is 293 g/mol. The molecule has 0 aromatic heterocycles. The van der Waals surface area contributed by atoms with E-state index in [9.17, 15) is 9.59 Å². The van der Waals surface area contributed by atoms with Gasteiger partial charge in [0, 0.05) is 9.50 Å². The number of halogens is 2. The van der Waals surface area contributed by atoms with Crippen molar-refractivity contribution in [3.63, 3.8) is 0 Å². The molecule has 0 fully saturated rings. The van der Waals surface area contributed by atoms with E-state index >= 15 is 0 Å². The summed E-state index contributed by atoms with van der Waals surface area (Å²) in [6, 6.07) is 4.85. The van der Waals surface area contributed by atoms with Gasteiger partial charge in [0.1, 0.15) is 6.42 Å². The van der Waals surface area contributed by atoms with Crippen molar-refractivity contribution in [2.24, 2.45) is 0 Å². The van der Waals surface area contributed by atoms with E-state index in [2.05, 4.69) is 21.2 Å². The van der Waals surface area contributed by atoms with Gasteiger partial charge in [0.2, 0.25) is 5.91 Å². The minimum absolute atomic E-state index is 0.453. The summed E-state index contributed by atoms with van der Waals surface area (Å²) in [5, 5.41) is 11.3. The van der Waals surface area contributed by atoms with Crippen molar-refractivity contribution in [2.75, 3.05) is 5.32 Å². The van der Waals surface area contributed by atoms with Gasteiger partial charge < -0.3 is 10.4 Å². The molecule has 15 heavy (non-hydrogen) atoms. The van der Waals surface area contributed by atoms with Crippen LogP contribution >= 0.6 is 27.5 Å². The first kappa shape index (κ1) is 12.0.